The molecule has 1 N–H and O–H groups in total. The second-order valence-electron chi connectivity index (χ2n) is 5.25. The predicted octanol–water partition coefficient (Wildman–Crippen LogP) is 2.99. The van der Waals surface area contributed by atoms with Crippen molar-refractivity contribution >= 4 is 6.08 Å². The van der Waals surface area contributed by atoms with Crippen LogP contribution < -0.4 is 5.32 Å². The maximum absolute atomic E-state index is 5.72. The lowest BCUT2D eigenvalue weighted by Gasteiger charge is -2.30. The Morgan fingerprint density at radius 2 is 2.06 bits per heavy atom. The van der Waals surface area contributed by atoms with Crippen LogP contribution in [-0.4, -0.2) is 25.8 Å². The standard InChI is InChI=1S/C16H23NO/c1-4-18-12-16(11-17-13(2)3)10-9-14-7-5-6-8-15(14)16/h5-10,13,17H,4,11-12H2,1-3H3. The molecule has 1 unspecified atom stereocenters. The predicted molar refractivity (Wildman–Crippen MR) is 76.8 cm³/mol. The topological polar surface area (TPSA) is 21.3 Å². The Hall–Kier alpha value is -1.12. The number of ether oxygens (including phenoxy) is 1. The van der Waals surface area contributed by atoms with Crippen LogP contribution >= 0.6 is 0 Å². The van der Waals surface area contributed by atoms with Gasteiger partial charge in [-0.05, 0) is 18.1 Å². The molecule has 1 aliphatic rings. The second kappa shape index (κ2) is 5.68. The van der Waals surface area contributed by atoms with E-state index in [0.717, 1.165) is 19.8 Å². The van der Waals surface area contributed by atoms with Gasteiger partial charge in [0.1, 0.15) is 0 Å². The molecule has 2 heteroatoms. The Labute approximate surface area is 110 Å². The van der Waals surface area contributed by atoms with E-state index in [-0.39, 0.29) is 5.41 Å². The minimum Gasteiger partial charge on any atom is -0.380 e. The van der Waals surface area contributed by atoms with Crippen LogP contribution in [0.4, 0.5) is 0 Å². The highest BCUT2D eigenvalue weighted by molar-refractivity contribution is 5.65. The fourth-order valence-electron chi connectivity index (χ4n) is 2.44. The van der Waals surface area contributed by atoms with Crippen molar-refractivity contribution in [1.29, 1.82) is 0 Å². The fraction of sp³-hybridized carbons (Fsp3) is 0.500. The van der Waals surface area contributed by atoms with Gasteiger partial charge >= 0.3 is 0 Å². The molecule has 0 saturated carbocycles. The molecule has 1 aliphatic carbocycles. The summed E-state index contributed by atoms with van der Waals surface area (Å²) in [7, 11) is 0. The van der Waals surface area contributed by atoms with Crippen LogP contribution in [0.1, 0.15) is 31.9 Å². The van der Waals surface area contributed by atoms with Crippen LogP contribution in [0.5, 0.6) is 0 Å². The Balaban J connectivity index is 2.24. The third kappa shape index (κ3) is 2.65. The minimum atomic E-state index is -0.00310. The van der Waals surface area contributed by atoms with Gasteiger partial charge in [0.25, 0.3) is 0 Å². The first-order valence-corrected chi connectivity index (χ1v) is 6.78. The van der Waals surface area contributed by atoms with Gasteiger partial charge in [-0.25, -0.2) is 0 Å². The van der Waals surface area contributed by atoms with E-state index in [1.165, 1.54) is 11.1 Å². The van der Waals surface area contributed by atoms with Crippen molar-refractivity contribution in [3.05, 3.63) is 41.5 Å². The number of nitrogens with one attached hydrogen (secondary N) is 1. The third-order valence-corrected chi connectivity index (χ3v) is 3.47. The van der Waals surface area contributed by atoms with Crippen molar-refractivity contribution in [1.82, 2.24) is 5.32 Å². The van der Waals surface area contributed by atoms with E-state index in [9.17, 15) is 0 Å². The van der Waals surface area contributed by atoms with Crippen molar-refractivity contribution < 1.29 is 4.74 Å². The molecule has 0 aromatic heterocycles. The Bertz CT molecular complexity index is 425. The molecule has 0 aliphatic heterocycles. The molecule has 18 heavy (non-hydrogen) atoms. The van der Waals surface area contributed by atoms with E-state index in [4.69, 9.17) is 4.74 Å². The van der Waals surface area contributed by atoms with Crippen LogP contribution in [-0.2, 0) is 10.2 Å². The zero-order valence-electron chi connectivity index (χ0n) is 11.6. The molecule has 0 spiro atoms. The largest absolute Gasteiger partial charge is 0.380 e. The molecular formula is C16H23NO. The van der Waals surface area contributed by atoms with E-state index < -0.39 is 0 Å². The molecule has 0 fully saturated rings. The van der Waals surface area contributed by atoms with Gasteiger partial charge < -0.3 is 10.1 Å². The molecule has 0 heterocycles. The van der Waals surface area contributed by atoms with E-state index >= 15 is 0 Å². The smallest absolute Gasteiger partial charge is 0.0610 e. The van der Waals surface area contributed by atoms with Crippen LogP contribution in [0, 0.1) is 0 Å². The third-order valence-electron chi connectivity index (χ3n) is 3.47. The first kappa shape index (κ1) is 13.3. The zero-order chi connectivity index (χ0) is 13.0. The molecule has 2 rings (SSSR count). The van der Waals surface area contributed by atoms with Crippen LogP contribution in [0.15, 0.2) is 30.3 Å². The summed E-state index contributed by atoms with van der Waals surface area (Å²) in [6.07, 6.45) is 4.51. The van der Waals surface area contributed by atoms with E-state index in [1.807, 2.05) is 6.92 Å². The van der Waals surface area contributed by atoms with Gasteiger partial charge in [-0.1, -0.05) is 50.3 Å². The molecule has 0 amide bonds. The maximum Gasteiger partial charge on any atom is 0.0610 e. The molecule has 1 aromatic rings. The highest BCUT2D eigenvalue weighted by atomic mass is 16.5. The summed E-state index contributed by atoms with van der Waals surface area (Å²) in [5.41, 5.74) is 2.70. The Kier molecular flexibility index (Phi) is 4.20. The number of hydrogen-bond acceptors (Lipinski definition) is 2. The van der Waals surface area contributed by atoms with Gasteiger partial charge in [0.2, 0.25) is 0 Å². The number of fused-ring (bicyclic) bond motifs is 1. The Morgan fingerprint density at radius 3 is 2.78 bits per heavy atom. The average Bonchev–Trinajstić information content (AvgIpc) is 2.74. The van der Waals surface area contributed by atoms with E-state index in [2.05, 4.69) is 55.6 Å². The maximum atomic E-state index is 5.72. The molecule has 0 radical (unpaired) electrons. The molecule has 0 saturated heterocycles. The van der Waals surface area contributed by atoms with Gasteiger partial charge in [0.05, 0.1) is 6.61 Å². The van der Waals surface area contributed by atoms with Crippen LogP contribution in [0.2, 0.25) is 0 Å². The second-order valence-corrected chi connectivity index (χ2v) is 5.25. The summed E-state index contributed by atoms with van der Waals surface area (Å²) in [4.78, 5) is 0. The Morgan fingerprint density at radius 1 is 1.28 bits per heavy atom. The normalized spacial score (nSPS) is 21.6. The van der Waals surface area contributed by atoms with Crippen molar-refractivity contribution in [2.45, 2.75) is 32.2 Å². The van der Waals surface area contributed by atoms with Gasteiger partial charge in [0.15, 0.2) is 0 Å². The summed E-state index contributed by atoms with van der Waals surface area (Å²) in [5.74, 6) is 0. The van der Waals surface area contributed by atoms with Gasteiger partial charge in [-0.3, -0.25) is 0 Å². The number of rotatable bonds is 6. The van der Waals surface area contributed by atoms with Crippen molar-refractivity contribution in [2.24, 2.45) is 0 Å². The van der Waals surface area contributed by atoms with Gasteiger partial charge in [-0.2, -0.15) is 0 Å². The molecular weight excluding hydrogens is 222 g/mol. The van der Waals surface area contributed by atoms with Gasteiger partial charge in [-0.15, -0.1) is 0 Å². The highest BCUT2D eigenvalue weighted by Gasteiger charge is 2.34. The lowest BCUT2D eigenvalue weighted by Crippen LogP contribution is -2.42. The van der Waals surface area contributed by atoms with Crippen molar-refractivity contribution in [2.75, 3.05) is 19.8 Å². The SMILES string of the molecule is CCOCC1(CNC(C)C)C=Cc2ccccc21. The van der Waals surface area contributed by atoms with Crippen LogP contribution in [0.3, 0.4) is 0 Å². The van der Waals surface area contributed by atoms with E-state index in [0.29, 0.717) is 6.04 Å². The fourth-order valence-corrected chi connectivity index (χ4v) is 2.44. The number of benzene rings is 1. The quantitative estimate of drug-likeness (QED) is 0.832. The molecule has 1 atom stereocenters. The molecule has 0 bridgehead atoms. The van der Waals surface area contributed by atoms with Gasteiger partial charge in [0, 0.05) is 24.6 Å². The monoisotopic (exact) mass is 245 g/mol. The van der Waals surface area contributed by atoms with Crippen molar-refractivity contribution in [3.63, 3.8) is 0 Å². The summed E-state index contributed by atoms with van der Waals surface area (Å²) >= 11 is 0. The summed E-state index contributed by atoms with van der Waals surface area (Å²) in [6.45, 7) is 8.85. The molecule has 2 nitrogen and oxygen atoms in total. The number of hydrogen-bond donors (Lipinski definition) is 1. The zero-order valence-corrected chi connectivity index (χ0v) is 11.6. The molecule has 1 aromatic carbocycles. The van der Waals surface area contributed by atoms with E-state index in [1.54, 1.807) is 0 Å². The minimum absolute atomic E-state index is 0.00310. The first-order chi connectivity index (χ1) is 8.68. The highest BCUT2D eigenvalue weighted by Crippen LogP contribution is 2.36. The molecule has 98 valence electrons. The lowest BCUT2D eigenvalue weighted by molar-refractivity contribution is 0.109. The summed E-state index contributed by atoms with van der Waals surface area (Å²) < 4.78 is 5.72. The van der Waals surface area contributed by atoms with Crippen LogP contribution in [0.25, 0.3) is 6.08 Å². The summed E-state index contributed by atoms with van der Waals surface area (Å²) in [5, 5.41) is 3.55. The summed E-state index contributed by atoms with van der Waals surface area (Å²) in [6, 6.07) is 9.09. The average molecular weight is 245 g/mol. The van der Waals surface area contributed by atoms with Crippen molar-refractivity contribution in [3.8, 4) is 0 Å². The lowest BCUT2D eigenvalue weighted by atomic mass is 9.83. The first-order valence-electron chi connectivity index (χ1n) is 6.78.